The van der Waals surface area contributed by atoms with Crippen molar-refractivity contribution < 1.29 is 15.0 Å². The van der Waals surface area contributed by atoms with Crippen LogP contribution in [-0.4, -0.2) is 49.3 Å². The van der Waals surface area contributed by atoms with Crippen LogP contribution in [0.1, 0.15) is 69.9 Å². The van der Waals surface area contributed by atoms with Crippen LogP contribution >= 0.6 is 0 Å². The molecule has 7 heteroatoms. The van der Waals surface area contributed by atoms with Crippen LogP contribution in [0.15, 0.2) is 12.5 Å². The third kappa shape index (κ3) is 5.30. The van der Waals surface area contributed by atoms with Gasteiger partial charge in [0.25, 0.3) is 0 Å². The van der Waals surface area contributed by atoms with Gasteiger partial charge >= 0.3 is 0 Å². The molecule has 3 atom stereocenters. The lowest BCUT2D eigenvalue weighted by Crippen LogP contribution is -2.57. The molecule has 27 heavy (non-hydrogen) atoms. The van der Waals surface area contributed by atoms with Crippen molar-refractivity contribution in [2.75, 3.05) is 0 Å². The fraction of sp³-hybridized carbons (Fsp3) is 0.800. The molecule has 2 fully saturated rings. The minimum Gasteiger partial charge on any atom is -0.390 e. The van der Waals surface area contributed by atoms with Gasteiger partial charge in [-0.1, -0.05) is 38.5 Å². The molecular weight excluding hydrogens is 344 g/mol. The highest BCUT2D eigenvalue weighted by atomic mass is 16.3. The van der Waals surface area contributed by atoms with Gasteiger partial charge in [-0.3, -0.25) is 9.80 Å². The topological polar surface area (TPSA) is 115 Å². The number of aryl methyl sites for hydroxylation is 1. The predicted molar refractivity (Wildman–Crippen MR) is 102 cm³/mol. The Morgan fingerprint density at radius 3 is 2.56 bits per heavy atom. The molecule has 1 heterocycles. The quantitative estimate of drug-likeness (QED) is 0.298. The monoisotopic (exact) mass is 378 g/mol. The molecule has 0 aliphatic heterocycles. The second-order valence-electron chi connectivity index (χ2n) is 8.34. The number of nitrogens with one attached hydrogen (secondary N) is 1. The maximum absolute atomic E-state index is 12.7. The normalized spacial score (nSPS) is 22.0. The molecule has 2 aliphatic carbocycles. The van der Waals surface area contributed by atoms with Gasteiger partial charge in [-0.25, -0.2) is 10.8 Å². The van der Waals surface area contributed by atoms with Crippen LogP contribution in [-0.2, 0) is 11.2 Å². The zero-order valence-corrected chi connectivity index (χ0v) is 16.1. The smallest absolute Gasteiger partial charge is 0.237 e. The Labute approximate surface area is 161 Å². The average molecular weight is 379 g/mol. The summed E-state index contributed by atoms with van der Waals surface area (Å²) in [4.78, 5) is 19.7. The Kier molecular flexibility index (Phi) is 7.26. The van der Waals surface area contributed by atoms with Gasteiger partial charge in [0.2, 0.25) is 5.91 Å². The van der Waals surface area contributed by atoms with Crippen LogP contribution in [0, 0.1) is 11.8 Å². The van der Waals surface area contributed by atoms with Gasteiger partial charge in [0.1, 0.15) is 6.10 Å². The van der Waals surface area contributed by atoms with Crippen molar-refractivity contribution in [1.82, 2.24) is 15.0 Å². The van der Waals surface area contributed by atoms with Crippen molar-refractivity contribution in [1.29, 1.82) is 0 Å². The first-order valence-corrected chi connectivity index (χ1v) is 10.5. The van der Waals surface area contributed by atoms with Gasteiger partial charge in [0, 0.05) is 12.6 Å². The summed E-state index contributed by atoms with van der Waals surface area (Å²) in [7, 11) is 0. The lowest BCUT2D eigenvalue weighted by molar-refractivity contribution is -0.142. The molecule has 0 unspecified atom stereocenters. The largest absolute Gasteiger partial charge is 0.390 e. The summed E-state index contributed by atoms with van der Waals surface area (Å²) in [6.45, 7) is 0. The van der Waals surface area contributed by atoms with Crippen LogP contribution in [0.3, 0.4) is 0 Å². The van der Waals surface area contributed by atoms with Crippen LogP contribution in [0.4, 0.5) is 0 Å². The number of nitrogens with zero attached hydrogens (tertiary/aromatic N) is 2. The number of hydrogen-bond donors (Lipinski definition) is 4. The molecule has 1 amide bonds. The number of carbonyl (C=O) groups is 1. The number of hydrogen-bond acceptors (Lipinski definition) is 5. The highest BCUT2D eigenvalue weighted by Crippen LogP contribution is 2.34. The molecule has 152 valence electrons. The number of imidazole rings is 1. The highest BCUT2D eigenvalue weighted by molar-refractivity contribution is 5.76. The van der Waals surface area contributed by atoms with E-state index in [1.807, 2.05) is 0 Å². The number of aromatic amines is 1. The van der Waals surface area contributed by atoms with Crippen LogP contribution < -0.4 is 5.84 Å². The second kappa shape index (κ2) is 9.66. The molecule has 1 aromatic heterocycles. The van der Waals surface area contributed by atoms with Gasteiger partial charge in [0.05, 0.1) is 24.2 Å². The van der Waals surface area contributed by atoms with Gasteiger partial charge in [0.15, 0.2) is 0 Å². The summed E-state index contributed by atoms with van der Waals surface area (Å²) < 4.78 is 0. The molecule has 0 aromatic carbocycles. The summed E-state index contributed by atoms with van der Waals surface area (Å²) >= 11 is 0. The molecule has 0 spiro atoms. The first-order valence-electron chi connectivity index (χ1n) is 10.5. The van der Waals surface area contributed by atoms with Crippen molar-refractivity contribution in [2.24, 2.45) is 17.7 Å². The van der Waals surface area contributed by atoms with E-state index in [0.717, 1.165) is 37.8 Å². The molecule has 1 aromatic rings. The minimum absolute atomic E-state index is 0.126. The molecule has 2 saturated carbocycles. The highest BCUT2D eigenvalue weighted by Gasteiger charge is 2.39. The van der Waals surface area contributed by atoms with Crippen LogP contribution in [0.25, 0.3) is 0 Å². The number of carbonyl (C=O) groups excluding carboxylic acids is 1. The van der Waals surface area contributed by atoms with E-state index in [9.17, 15) is 15.0 Å². The first-order chi connectivity index (χ1) is 13.1. The Hall–Kier alpha value is -1.44. The zero-order valence-electron chi connectivity index (χ0n) is 16.1. The van der Waals surface area contributed by atoms with E-state index in [-0.39, 0.29) is 18.2 Å². The number of aliphatic hydroxyl groups excluding tert-OH is 2. The Balaban J connectivity index is 1.63. The summed E-state index contributed by atoms with van der Waals surface area (Å²) in [5.41, 5.74) is 0.815. The van der Waals surface area contributed by atoms with Gasteiger partial charge < -0.3 is 15.2 Å². The first kappa shape index (κ1) is 20.3. The van der Waals surface area contributed by atoms with E-state index in [1.54, 1.807) is 12.5 Å². The molecule has 2 aliphatic rings. The molecular formula is C20H34N4O3. The average Bonchev–Trinajstić information content (AvgIpc) is 3.16. The number of hydrazine groups is 1. The van der Waals surface area contributed by atoms with Crippen molar-refractivity contribution in [3.63, 3.8) is 0 Å². The van der Waals surface area contributed by atoms with E-state index in [1.165, 1.54) is 24.3 Å². The van der Waals surface area contributed by atoms with Crippen LogP contribution in [0.5, 0.6) is 0 Å². The molecule has 5 N–H and O–H groups in total. The van der Waals surface area contributed by atoms with Gasteiger partial charge in [-0.15, -0.1) is 0 Å². The number of aliphatic hydroxyl groups is 2. The Bertz CT molecular complexity index is 570. The standard InChI is InChI=1S/C20H34N4O3/c21-24(18(25)10-9-16-12-22-13-23-16)17(11-14-5-2-1-3-6-14)20(27)19(26)15-7-4-8-15/h12-15,17,19-20,26-27H,1-11,21H2,(H,22,23)/t17-,19-,20+/m0/s1. The number of nitrogens with two attached hydrogens (primary N) is 1. The summed E-state index contributed by atoms with van der Waals surface area (Å²) in [5.74, 6) is 6.57. The number of rotatable bonds is 9. The fourth-order valence-electron chi connectivity index (χ4n) is 4.45. The van der Waals surface area contributed by atoms with Crippen molar-refractivity contribution in [3.8, 4) is 0 Å². The SMILES string of the molecule is NN(C(=O)CCc1c[nH]cn1)[C@@H](CC1CCCCC1)[C@@H](O)[C@@H](O)C1CCC1. The minimum atomic E-state index is -0.989. The Morgan fingerprint density at radius 1 is 1.22 bits per heavy atom. The van der Waals surface area contributed by atoms with Crippen molar-refractivity contribution in [3.05, 3.63) is 18.2 Å². The number of aromatic nitrogens is 2. The molecule has 7 nitrogen and oxygen atoms in total. The Morgan fingerprint density at radius 2 is 1.96 bits per heavy atom. The summed E-state index contributed by atoms with van der Waals surface area (Å²) in [5, 5.41) is 22.7. The van der Waals surface area contributed by atoms with Crippen molar-refractivity contribution >= 4 is 5.91 Å². The molecule has 3 rings (SSSR count). The molecule has 0 bridgehead atoms. The van der Waals surface area contributed by atoms with E-state index in [4.69, 9.17) is 5.84 Å². The number of H-pyrrole nitrogens is 1. The molecule has 0 saturated heterocycles. The maximum Gasteiger partial charge on any atom is 0.237 e. The van der Waals surface area contributed by atoms with E-state index in [2.05, 4.69) is 9.97 Å². The van der Waals surface area contributed by atoms with E-state index >= 15 is 0 Å². The van der Waals surface area contributed by atoms with E-state index < -0.39 is 18.2 Å². The summed E-state index contributed by atoms with van der Waals surface area (Å²) in [6, 6.07) is -0.532. The zero-order chi connectivity index (χ0) is 19.2. The third-order valence-electron chi connectivity index (χ3n) is 6.47. The van der Waals surface area contributed by atoms with Crippen molar-refractivity contribution in [2.45, 2.75) is 88.9 Å². The third-order valence-corrected chi connectivity index (χ3v) is 6.47. The molecule has 0 radical (unpaired) electrons. The van der Waals surface area contributed by atoms with Gasteiger partial charge in [-0.2, -0.15) is 0 Å². The van der Waals surface area contributed by atoms with Gasteiger partial charge in [-0.05, 0) is 37.5 Å². The fourth-order valence-corrected chi connectivity index (χ4v) is 4.45. The summed E-state index contributed by atoms with van der Waals surface area (Å²) in [6.07, 6.45) is 11.8. The number of amides is 1. The van der Waals surface area contributed by atoms with Crippen LogP contribution in [0.2, 0.25) is 0 Å². The lowest BCUT2D eigenvalue weighted by atomic mass is 9.76. The lowest BCUT2D eigenvalue weighted by Gasteiger charge is -2.40. The maximum atomic E-state index is 12.7. The van der Waals surface area contributed by atoms with E-state index in [0.29, 0.717) is 18.8 Å². The second-order valence-corrected chi connectivity index (χ2v) is 8.34. The predicted octanol–water partition coefficient (Wildman–Crippen LogP) is 1.91.